The first-order valence-electron chi connectivity index (χ1n) is 7.77. The lowest BCUT2D eigenvalue weighted by Gasteiger charge is -2.16. The molecule has 24 heavy (non-hydrogen) atoms. The van der Waals surface area contributed by atoms with Crippen molar-refractivity contribution in [1.82, 2.24) is 10.2 Å². The molecule has 1 aliphatic rings. The molecule has 5 nitrogen and oxygen atoms in total. The van der Waals surface area contributed by atoms with E-state index in [1.54, 1.807) is 19.1 Å². The van der Waals surface area contributed by atoms with Crippen LogP contribution in [0.4, 0.5) is 4.79 Å². The Labute approximate surface area is 141 Å². The van der Waals surface area contributed by atoms with Gasteiger partial charge >= 0.3 is 6.03 Å². The Kier molecular flexibility index (Phi) is 4.70. The number of nitrogens with one attached hydrogen (secondary N) is 1. The Morgan fingerprint density at radius 2 is 1.79 bits per heavy atom. The average molecular weight is 324 g/mol. The van der Waals surface area contributed by atoms with Crippen LogP contribution in [-0.2, 0) is 0 Å². The van der Waals surface area contributed by atoms with Crippen molar-refractivity contribution in [2.24, 2.45) is 0 Å². The van der Waals surface area contributed by atoms with Gasteiger partial charge in [-0.05, 0) is 23.3 Å². The molecule has 124 valence electrons. The largest absolute Gasteiger partial charge is 0.493 e. The third kappa shape index (κ3) is 3.20. The van der Waals surface area contributed by atoms with E-state index in [9.17, 15) is 4.79 Å². The number of carbonyl (C=O) groups excluding carboxylic acids is 1. The molecule has 0 saturated carbocycles. The van der Waals surface area contributed by atoms with Gasteiger partial charge < -0.3 is 14.8 Å². The molecule has 0 aliphatic carbocycles. The summed E-state index contributed by atoms with van der Waals surface area (Å²) in [6.07, 6.45) is 1.89. The van der Waals surface area contributed by atoms with Gasteiger partial charge in [0.1, 0.15) is 0 Å². The number of hydrogen-bond donors (Lipinski definition) is 1. The summed E-state index contributed by atoms with van der Waals surface area (Å²) in [6.45, 7) is 1.31. The van der Waals surface area contributed by atoms with E-state index >= 15 is 0 Å². The molecule has 5 heteroatoms. The second kappa shape index (κ2) is 7.08. The summed E-state index contributed by atoms with van der Waals surface area (Å²) in [7, 11) is 3.22. The topological polar surface area (TPSA) is 50.8 Å². The molecule has 0 unspecified atom stereocenters. The van der Waals surface area contributed by atoms with Crippen LogP contribution in [0, 0.1) is 0 Å². The van der Waals surface area contributed by atoms with E-state index < -0.39 is 0 Å². The van der Waals surface area contributed by atoms with Gasteiger partial charge in [0.05, 0.1) is 14.2 Å². The maximum atomic E-state index is 11.9. The maximum absolute atomic E-state index is 11.9. The van der Waals surface area contributed by atoms with Crippen LogP contribution in [0.2, 0.25) is 0 Å². The quantitative estimate of drug-likeness (QED) is 0.919. The van der Waals surface area contributed by atoms with Crippen LogP contribution in [-0.4, -0.2) is 38.2 Å². The van der Waals surface area contributed by atoms with Crippen molar-refractivity contribution >= 4 is 11.6 Å². The molecule has 0 radical (unpaired) electrons. The fourth-order valence-corrected chi connectivity index (χ4v) is 2.70. The fraction of sp³-hybridized carbons (Fsp3) is 0.211. The summed E-state index contributed by atoms with van der Waals surface area (Å²) < 4.78 is 10.7. The van der Waals surface area contributed by atoms with E-state index in [4.69, 9.17) is 9.47 Å². The van der Waals surface area contributed by atoms with Gasteiger partial charge in [0, 0.05) is 24.9 Å². The second-order valence-corrected chi connectivity index (χ2v) is 5.40. The van der Waals surface area contributed by atoms with Gasteiger partial charge in [-0.25, -0.2) is 4.79 Å². The van der Waals surface area contributed by atoms with E-state index in [-0.39, 0.29) is 6.03 Å². The molecule has 2 amide bonds. The van der Waals surface area contributed by atoms with Crippen LogP contribution in [0.1, 0.15) is 11.1 Å². The van der Waals surface area contributed by atoms with Crippen LogP contribution in [0.5, 0.6) is 11.5 Å². The number of hydrogen-bond acceptors (Lipinski definition) is 3. The van der Waals surface area contributed by atoms with Gasteiger partial charge in [-0.1, -0.05) is 36.4 Å². The molecular formula is C19H20N2O3. The second-order valence-electron chi connectivity index (χ2n) is 5.40. The van der Waals surface area contributed by atoms with Gasteiger partial charge in [0.15, 0.2) is 11.5 Å². The van der Waals surface area contributed by atoms with E-state index in [1.807, 2.05) is 54.7 Å². The minimum absolute atomic E-state index is 0.0797. The molecule has 1 fully saturated rings. The molecule has 0 spiro atoms. The summed E-state index contributed by atoms with van der Waals surface area (Å²) in [5, 5.41) is 2.82. The Morgan fingerprint density at radius 1 is 1.04 bits per heavy atom. The predicted octanol–water partition coefficient (Wildman–Crippen LogP) is 3.12. The predicted molar refractivity (Wildman–Crippen MR) is 93.2 cm³/mol. The number of rotatable bonds is 5. The molecular weight excluding hydrogens is 304 g/mol. The molecule has 1 aliphatic heterocycles. The highest BCUT2D eigenvalue weighted by atomic mass is 16.5. The standard InChI is InChI=1S/C19H20N2O3/c1-23-17-9-8-15(12-18(17)24-2)16(14-6-4-3-5-7-14)13-21-11-10-20-19(21)22/h3-9,12-13H,10-11H2,1-2H3,(H,20,22). The monoisotopic (exact) mass is 324 g/mol. The summed E-state index contributed by atoms with van der Waals surface area (Å²) in [4.78, 5) is 13.6. The normalized spacial score (nSPS) is 14.5. The van der Waals surface area contributed by atoms with Crippen molar-refractivity contribution < 1.29 is 14.3 Å². The maximum Gasteiger partial charge on any atom is 0.321 e. The van der Waals surface area contributed by atoms with Crippen LogP contribution in [0.25, 0.3) is 5.57 Å². The number of methoxy groups -OCH3 is 2. The number of urea groups is 1. The zero-order chi connectivity index (χ0) is 16.9. The smallest absolute Gasteiger partial charge is 0.321 e. The molecule has 0 bridgehead atoms. The van der Waals surface area contributed by atoms with Gasteiger partial charge in [-0.3, -0.25) is 4.90 Å². The van der Waals surface area contributed by atoms with Gasteiger partial charge in [-0.2, -0.15) is 0 Å². The molecule has 0 atom stereocenters. The molecule has 2 aromatic rings. The lowest BCUT2D eigenvalue weighted by Crippen LogP contribution is -2.23. The summed E-state index contributed by atoms with van der Waals surface area (Å²) in [5.74, 6) is 1.33. The minimum Gasteiger partial charge on any atom is -0.493 e. The average Bonchev–Trinajstić information content (AvgIpc) is 3.04. The first kappa shape index (κ1) is 15.9. The van der Waals surface area contributed by atoms with Crippen molar-refractivity contribution in [2.45, 2.75) is 0 Å². The lowest BCUT2D eigenvalue weighted by molar-refractivity contribution is 0.230. The number of carbonyl (C=O) groups is 1. The lowest BCUT2D eigenvalue weighted by atomic mass is 9.98. The van der Waals surface area contributed by atoms with E-state index in [0.29, 0.717) is 24.6 Å². The summed E-state index contributed by atoms with van der Waals surface area (Å²) in [6, 6.07) is 15.7. The molecule has 3 rings (SSSR count). The third-order valence-corrected chi connectivity index (χ3v) is 3.95. The van der Waals surface area contributed by atoms with Crippen molar-refractivity contribution in [3.63, 3.8) is 0 Å². The van der Waals surface area contributed by atoms with Gasteiger partial charge in [0.25, 0.3) is 0 Å². The number of nitrogens with zero attached hydrogens (tertiary/aromatic N) is 1. The number of ether oxygens (including phenoxy) is 2. The molecule has 1 heterocycles. The highest BCUT2D eigenvalue weighted by Crippen LogP contribution is 2.33. The Morgan fingerprint density at radius 3 is 2.42 bits per heavy atom. The number of benzene rings is 2. The van der Waals surface area contributed by atoms with E-state index in [2.05, 4.69) is 5.32 Å². The van der Waals surface area contributed by atoms with Crippen molar-refractivity contribution in [2.75, 3.05) is 27.3 Å². The Balaban J connectivity index is 2.08. The first-order chi connectivity index (χ1) is 11.7. The van der Waals surface area contributed by atoms with Crippen LogP contribution >= 0.6 is 0 Å². The van der Waals surface area contributed by atoms with Gasteiger partial charge in [-0.15, -0.1) is 0 Å². The van der Waals surface area contributed by atoms with Crippen molar-refractivity contribution in [3.05, 3.63) is 65.9 Å². The van der Waals surface area contributed by atoms with E-state index in [0.717, 1.165) is 16.7 Å². The zero-order valence-corrected chi connectivity index (χ0v) is 13.8. The minimum atomic E-state index is -0.0797. The van der Waals surface area contributed by atoms with Crippen LogP contribution in [0.15, 0.2) is 54.7 Å². The highest BCUT2D eigenvalue weighted by Gasteiger charge is 2.19. The van der Waals surface area contributed by atoms with E-state index in [1.165, 1.54) is 0 Å². The van der Waals surface area contributed by atoms with Gasteiger partial charge in [0.2, 0.25) is 0 Å². The molecule has 2 aromatic carbocycles. The first-order valence-corrected chi connectivity index (χ1v) is 7.77. The highest BCUT2D eigenvalue weighted by molar-refractivity contribution is 5.85. The fourth-order valence-electron chi connectivity index (χ4n) is 2.70. The Hall–Kier alpha value is -2.95. The molecule has 1 N–H and O–H groups in total. The molecule has 1 saturated heterocycles. The molecule has 0 aromatic heterocycles. The SMILES string of the molecule is COc1ccc(C(=CN2CCNC2=O)c2ccccc2)cc1OC. The van der Waals surface area contributed by atoms with Crippen LogP contribution in [0.3, 0.4) is 0 Å². The van der Waals surface area contributed by atoms with Crippen molar-refractivity contribution in [3.8, 4) is 11.5 Å². The van der Waals surface area contributed by atoms with Crippen molar-refractivity contribution in [1.29, 1.82) is 0 Å². The zero-order valence-electron chi connectivity index (χ0n) is 13.8. The summed E-state index contributed by atoms with van der Waals surface area (Å²) >= 11 is 0. The summed E-state index contributed by atoms with van der Waals surface area (Å²) in [5.41, 5.74) is 2.94. The third-order valence-electron chi connectivity index (χ3n) is 3.95. The Bertz CT molecular complexity index is 756. The van der Waals surface area contributed by atoms with Crippen LogP contribution < -0.4 is 14.8 Å². The number of amides is 2.